The van der Waals surface area contributed by atoms with Gasteiger partial charge in [-0.2, -0.15) is 5.26 Å². The molecule has 0 amide bonds. The lowest BCUT2D eigenvalue weighted by molar-refractivity contribution is -0.927. The third-order valence-corrected chi connectivity index (χ3v) is 4.82. The van der Waals surface area contributed by atoms with Gasteiger partial charge in [0.15, 0.2) is 6.67 Å². The predicted molar refractivity (Wildman–Crippen MR) is 78.7 cm³/mol. The van der Waals surface area contributed by atoms with Crippen LogP contribution < -0.4 is 4.90 Å². The second kappa shape index (κ2) is 5.85. The van der Waals surface area contributed by atoms with E-state index in [1.807, 2.05) is 6.92 Å². The van der Waals surface area contributed by atoms with Gasteiger partial charge >= 0.3 is 0 Å². The Balaban J connectivity index is 2.42. The van der Waals surface area contributed by atoms with Crippen LogP contribution in [-0.4, -0.2) is 17.7 Å². The molecule has 0 aliphatic carbocycles. The van der Waals surface area contributed by atoms with E-state index in [9.17, 15) is 5.26 Å². The summed E-state index contributed by atoms with van der Waals surface area (Å²) < 4.78 is 2.87. The third kappa shape index (κ3) is 2.72. The molecule has 0 bridgehead atoms. The second-order valence-corrected chi connectivity index (χ2v) is 5.91. The molecule has 1 aliphatic heterocycles. The fourth-order valence-electron chi connectivity index (χ4n) is 2.86. The summed E-state index contributed by atoms with van der Waals surface area (Å²) in [5.74, 6) is 0. The summed E-state index contributed by atoms with van der Waals surface area (Å²) >= 11 is 5.52. The van der Waals surface area contributed by atoms with E-state index in [2.05, 4.69) is 24.5 Å². The molecule has 1 fully saturated rings. The zero-order chi connectivity index (χ0) is 14.0. The lowest BCUT2D eigenvalue weighted by Crippen LogP contribution is -3.12. The lowest BCUT2D eigenvalue weighted by atomic mass is 10.0. The van der Waals surface area contributed by atoms with E-state index >= 15 is 0 Å². The van der Waals surface area contributed by atoms with Gasteiger partial charge in [0.25, 0.3) is 0 Å². The Morgan fingerprint density at radius 3 is 2.37 bits per heavy atom. The van der Waals surface area contributed by atoms with Gasteiger partial charge in [-0.15, -0.1) is 0 Å². The van der Waals surface area contributed by atoms with E-state index < -0.39 is 0 Å². The Kier molecular flexibility index (Phi) is 4.38. The van der Waals surface area contributed by atoms with Gasteiger partial charge in [-0.05, 0) is 51.2 Å². The van der Waals surface area contributed by atoms with Crippen LogP contribution in [0.1, 0.15) is 41.6 Å². The summed E-state index contributed by atoms with van der Waals surface area (Å²) in [5.41, 5.74) is 4.12. The van der Waals surface area contributed by atoms with Crippen molar-refractivity contribution in [1.29, 1.82) is 5.26 Å². The minimum atomic E-state index is 0.675. The quantitative estimate of drug-likeness (QED) is 0.839. The Bertz CT molecular complexity index is 575. The van der Waals surface area contributed by atoms with Crippen LogP contribution in [0.2, 0.25) is 0 Å². The zero-order valence-electron chi connectivity index (χ0n) is 12.0. The highest BCUT2D eigenvalue weighted by atomic mass is 32.1. The molecule has 0 saturated carbocycles. The molecule has 0 aromatic carbocycles. The molecule has 0 radical (unpaired) electrons. The van der Waals surface area contributed by atoms with Crippen molar-refractivity contribution in [2.24, 2.45) is 0 Å². The van der Waals surface area contributed by atoms with Gasteiger partial charge in [0.1, 0.15) is 10.7 Å². The number of nitrogens with zero attached hydrogens (tertiary/aromatic N) is 2. The van der Waals surface area contributed by atoms with Crippen LogP contribution in [0.4, 0.5) is 0 Å². The molecule has 102 valence electrons. The highest BCUT2D eigenvalue weighted by molar-refractivity contribution is 7.71. The van der Waals surface area contributed by atoms with E-state index in [-0.39, 0.29) is 0 Å². The summed E-state index contributed by atoms with van der Waals surface area (Å²) in [4.78, 5) is 1.58. The van der Waals surface area contributed by atoms with E-state index in [0.29, 0.717) is 10.2 Å². The number of aromatic nitrogens is 1. The van der Waals surface area contributed by atoms with Gasteiger partial charge in [0.2, 0.25) is 0 Å². The number of hydrogen-bond donors (Lipinski definition) is 1. The predicted octanol–water partition coefficient (Wildman–Crippen LogP) is 2.04. The summed E-state index contributed by atoms with van der Waals surface area (Å²) in [6, 6.07) is 2.27. The van der Waals surface area contributed by atoms with Crippen LogP contribution in [0.15, 0.2) is 0 Å². The van der Waals surface area contributed by atoms with Crippen molar-refractivity contribution >= 4 is 12.2 Å². The number of rotatable bonds is 2. The van der Waals surface area contributed by atoms with Gasteiger partial charge < -0.3 is 4.90 Å². The largest absolute Gasteiger partial charge is 0.318 e. The lowest BCUT2D eigenvalue weighted by Gasteiger charge is -2.26. The molecule has 2 heterocycles. The molecule has 0 spiro atoms. The fourth-order valence-corrected chi connectivity index (χ4v) is 3.26. The Morgan fingerprint density at radius 2 is 1.79 bits per heavy atom. The monoisotopic (exact) mass is 276 g/mol. The SMILES string of the molecule is Cc1c(C)c(C)n(C[NH+]2CCCCC2)c(=S)c1C#N. The van der Waals surface area contributed by atoms with Gasteiger partial charge in [0, 0.05) is 5.69 Å². The molecule has 19 heavy (non-hydrogen) atoms. The van der Waals surface area contributed by atoms with Crippen molar-refractivity contribution in [3.8, 4) is 6.07 Å². The first-order chi connectivity index (χ1) is 9.06. The normalized spacial score (nSPS) is 16.3. The van der Waals surface area contributed by atoms with Gasteiger partial charge in [-0.25, -0.2) is 0 Å². The molecule has 1 aromatic rings. The van der Waals surface area contributed by atoms with Crippen LogP contribution in [0.25, 0.3) is 0 Å². The molecular formula is C15H22N3S+. The number of quaternary nitrogens is 1. The number of hydrogen-bond acceptors (Lipinski definition) is 2. The van der Waals surface area contributed by atoms with E-state index in [1.165, 1.54) is 43.6 Å². The van der Waals surface area contributed by atoms with Gasteiger partial charge in [-0.1, -0.05) is 12.2 Å². The van der Waals surface area contributed by atoms with Crippen LogP contribution in [0.5, 0.6) is 0 Å². The van der Waals surface area contributed by atoms with E-state index in [0.717, 1.165) is 12.2 Å². The maximum absolute atomic E-state index is 9.31. The smallest absolute Gasteiger partial charge is 0.157 e. The van der Waals surface area contributed by atoms with Crippen molar-refractivity contribution in [2.75, 3.05) is 13.1 Å². The maximum Gasteiger partial charge on any atom is 0.157 e. The molecule has 3 nitrogen and oxygen atoms in total. The van der Waals surface area contributed by atoms with Gasteiger partial charge in [-0.3, -0.25) is 4.57 Å². The van der Waals surface area contributed by atoms with E-state index in [1.54, 1.807) is 4.90 Å². The number of nitrogens with one attached hydrogen (secondary N) is 1. The maximum atomic E-state index is 9.31. The molecule has 4 heteroatoms. The van der Waals surface area contributed by atoms with Crippen LogP contribution in [0, 0.1) is 36.7 Å². The minimum absolute atomic E-state index is 0.675. The topological polar surface area (TPSA) is 33.2 Å². The first kappa shape index (κ1) is 14.2. The Labute approximate surface area is 120 Å². The summed E-state index contributed by atoms with van der Waals surface area (Å²) in [6.45, 7) is 9.53. The molecule has 1 aliphatic rings. The molecule has 0 unspecified atom stereocenters. The number of pyridine rings is 1. The average molecular weight is 276 g/mol. The molecule has 1 N–H and O–H groups in total. The average Bonchev–Trinajstić information content (AvgIpc) is 2.43. The molecular weight excluding hydrogens is 254 g/mol. The number of nitriles is 1. The van der Waals surface area contributed by atoms with Crippen molar-refractivity contribution in [2.45, 2.75) is 46.7 Å². The number of likely N-dealkylation sites (tertiary alicyclic amines) is 1. The molecule has 1 saturated heterocycles. The number of piperidine rings is 1. The summed E-state index contributed by atoms with van der Waals surface area (Å²) in [7, 11) is 0. The van der Waals surface area contributed by atoms with E-state index in [4.69, 9.17) is 12.2 Å². The van der Waals surface area contributed by atoms with Crippen molar-refractivity contribution in [3.05, 3.63) is 27.0 Å². The summed E-state index contributed by atoms with van der Waals surface area (Å²) in [6.07, 6.45) is 3.96. The molecule has 0 atom stereocenters. The van der Waals surface area contributed by atoms with Gasteiger partial charge in [0.05, 0.1) is 18.7 Å². The fraction of sp³-hybridized carbons (Fsp3) is 0.600. The molecule has 1 aromatic heterocycles. The highest BCUT2D eigenvalue weighted by Gasteiger charge is 2.17. The first-order valence-electron chi connectivity index (χ1n) is 7.00. The summed E-state index contributed by atoms with van der Waals surface area (Å²) in [5, 5.41) is 9.31. The van der Waals surface area contributed by atoms with Crippen LogP contribution in [-0.2, 0) is 6.67 Å². The van der Waals surface area contributed by atoms with Crippen LogP contribution in [0.3, 0.4) is 0 Å². The van der Waals surface area contributed by atoms with Crippen molar-refractivity contribution in [3.63, 3.8) is 0 Å². The highest BCUT2D eigenvalue weighted by Crippen LogP contribution is 2.18. The molecule has 2 rings (SSSR count). The standard InChI is InChI=1S/C15H21N3S/c1-11-12(2)14(9-16)15(19)18(13(11)3)10-17-7-5-4-6-8-17/h4-8,10H2,1-3H3/p+1. The van der Waals surface area contributed by atoms with Crippen molar-refractivity contribution in [1.82, 2.24) is 4.57 Å². The third-order valence-electron chi connectivity index (χ3n) is 4.40. The second-order valence-electron chi connectivity index (χ2n) is 5.52. The van der Waals surface area contributed by atoms with Crippen molar-refractivity contribution < 1.29 is 4.90 Å². The Morgan fingerprint density at radius 1 is 1.16 bits per heavy atom. The minimum Gasteiger partial charge on any atom is -0.318 e. The Hall–Kier alpha value is -1.18. The van der Waals surface area contributed by atoms with Crippen LogP contribution >= 0.6 is 12.2 Å². The zero-order valence-corrected chi connectivity index (χ0v) is 12.9. The first-order valence-corrected chi connectivity index (χ1v) is 7.41.